The van der Waals surface area contributed by atoms with Gasteiger partial charge in [-0.2, -0.15) is 0 Å². The molecular weight excluding hydrogens is 213 g/mol. The predicted molar refractivity (Wildman–Crippen MR) is 60.6 cm³/mol. The summed E-state index contributed by atoms with van der Waals surface area (Å²) in [6.45, 7) is 0.110. The van der Waals surface area contributed by atoms with E-state index in [1.54, 1.807) is 12.2 Å². The van der Waals surface area contributed by atoms with Crippen molar-refractivity contribution in [1.29, 1.82) is 5.41 Å². The normalized spacial score (nSPS) is 14.9. The van der Waals surface area contributed by atoms with Crippen molar-refractivity contribution in [3.63, 3.8) is 0 Å². The predicted octanol–water partition coefficient (Wildman–Crippen LogP) is 0.314. The first kappa shape index (κ1) is 14.7. The molecule has 92 valence electrons. The van der Waals surface area contributed by atoms with Crippen LogP contribution in [0.1, 0.15) is 12.8 Å². The molecule has 6 heteroatoms. The van der Waals surface area contributed by atoms with E-state index in [-0.39, 0.29) is 6.42 Å². The number of carbonyl (C=O) groups is 1. The number of nitrogens with two attached hydrogens (primary N) is 1. The van der Waals surface area contributed by atoms with Gasteiger partial charge in [-0.3, -0.25) is 4.79 Å². The number of alkyl halides is 1. The lowest BCUT2D eigenvalue weighted by Crippen LogP contribution is -2.49. The quantitative estimate of drug-likeness (QED) is 0.261. The van der Waals surface area contributed by atoms with Gasteiger partial charge in [-0.05, 0) is 19.4 Å². The van der Waals surface area contributed by atoms with Crippen LogP contribution in [0.3, 0.4) is 0 Å². The standard InChI is InChI=1S/C10H18FN3O2/c11-8-10(13,9(15)16)4-2-1-3-6-14-7-5-12/h1-2,5,12,14H,3-4,6-8,13H2,(H,15,16). The van der Waals surface area contributed by atoms with Gasteiger partial charge in [0.25, 0.3) is 0 Å². The minimum absolute atomic E-state index is 0.0244. The fraction of sp³-hybridized carbons (Fsp3) is 0.600. The van der Waals surface area contributed by atoms with E-state index in [0.29, 0.717) is 19.5 Å². The molecule has 0 bridgehead atoms. The maximum atomic E-state index is 12.4. The van der Waals surface area contributed by atoms with Crippen LogP contribution in [-0.4, -0.2) is 42.6 Å². The van der Waals surface area contributed by atoms with Crippen LogP contribution in [0.5, 0.6) is 0 Å². The van der Waals surface area contributed by atoms with Gasteiger partial charge >= 0.3 is 5.97 Å². The number of hydrogen-bond donors (Lipinski definition) is 4. The van der Waals surface area contributed by atoms with E-state index in [1.807, 2.05) is 0 Å². The molecule has 1 atom stereocenters. The van der Waals surface area contributed by atoms with E-state index < -0.39 is 18.2 Å². The Hall–Kier alpha value is -1.27. The van der Waals surface area contributed by atoms with Gasteiger partial charge in [-0.15, -0.1) is 0 Å². The molecule has 0 radical (unpaired) electrons. The summed E-state index contributed by atoms with van der Waals surface area (Å²) in [7, 11) is 0. The number of hydrogen-bond acceptors (Lipinski definition) is 4. The Labute approximate surface area is 94.0 Å². The summed E-state index contributed by atoms with van der Waals surface area (Å²) in [4.78, 5) is 10.6. The second-order valence-electron chi connectivity index (χ2n) is 3.47. The molecule has 0 spiro atoms. The maximum Gasteiger partial charge on any atom is 0.326 e. The van der Waals surface area contributed by atoms with E-state index >= 15 is 0 Å². The topological polar surface area (TPSA) is 99.2 Å². The molecule has 0 aromatic rings. The molecule has 0 saturated carbocycles. The van der Waals surface area contributed by atoms with Gasteiger partial charge in [0.2, 0.25) is 0 Å². The summed E-state index contributed by atoms with van der Waals surface area (Å²) in [5, 5.41) is 18.4. The SMILES string of the molecule is N=CCNCCC=CCC(N)(CF)C(=O)O. The Morgan fingerprint density at radius 3 is 2.75 bits per heavy atom. The maximum absolute atomic E-state index is 12.4. The summed E-state index contributed by atoms with van der Waals surface area (Å²) in [5.74, 6) is -1.33. The van der Waals surface area contributed by atoms with Crippen molar-refractivity contribution in [3.05, 3.63) is 12.2 Å². The Morgan fingerprint density at radius 2 is 2.25 bits per heavy atom. The molecule has 0 aromatic carbocycles. The number of halogens is 1. The third kappa shape index (κ3) is 5.57. The van der Waals surface area contributed by atoms with E-state index in [1.165, 1.54) is 6.21 Å². The lowest BCUT2D eigenvalue weighted by molar-refractivity contribution is -0.143. The van der Waals surface area contributed by atoms with Gasteiger partial charge in [-0.1, -0.05) is 12.2 Å². The molecule has 5 nitrogen and oxygen atoms in total. The summed E-state index contributed by atoms with van der Waals surface area (Å²) in [6.07, 6.45) is 5.23. The van der Waals surface area contributed by atoms with Crippen molar-refractivity contribution in [1.82, 2.24) is 5.32 Å². The molecule has 0 aliphatic rings. The first-order valence-corrected chi connectivity index (χ1v) is 4.99. The van der Waals surface area contributed by atoms with Crippen LogP contribution in [0.2, 0.25) is 0 Å². The van der Waals surface area contributed by atoms with E-state index in [2.05, 4.69) is 5.32 Å². The molecule has 0 fully saturated rings. The molecule has 0 amide bonds. The summed E-state index contributed by atoms with van der Waals surface area (Å²) < 4.78 is 12.4. The van der Waals surface area contributed by atoms with Crippen LogP contribution in [0.25, 0.3) is 0 Å². The van der Waals surface area contributed by atoms with E-state index in [9.17, 15) is 9.18 Å². The van der Waals surface area contributed by atoms with Crippen LogP contribution in [0.15, 0.2) is 12.2 Å². The van der Waals surface area contributed by atoms with Gasteiger partial charge in [-0.25, -0.2) is 4.39 Å². The summed E-state index contributed by atoms with van der Waals surface area (Å²) in [6, 6.07) is 0. The lowest BCUT2D eigenvalue weighted by atomic mass is 9.98. The molecule has 0 rings (SSSR count). The van der Waals surface area contributed by atoms with Crippen molar-refractivity contribution < 1.29 is 14.3 Å². The Morgan fingerprint density at radius 1 is 1.56 bits per heavy atom. The fourth-order valence-corrected chi connectivity index (χ4v) is 0.970. The smallest absolute Gasteiger partial charge is 0.326 e. The van der Waals surface area contributed by atoms with Crippen LogP contribution in [0, 0.1) is 5.41 Å². The molecular formula is C10H18FN3O2. The van der Waals surface area contributed by atoms with Gasteiger partial charge in [0.15, 0.2) is 0 Å². The van der Waals surface area contributed by atoms with Gasteiger partial charge < -0.3 is 21.6 Å². The molecule has 0 saturated heterocycles. The highest BCUT2D eigenvalue weighted by Crippen LogP contribution is 2.09. The monoisotopic (exact) mass is 231 g/mol. The highest BCUT2D eigenvalue weighted by Gasteiger charge is 2.32. The number of carboxylic acids is 1. The zero-order valence-corrected chi connectivity index (χ0v) is 9.08. The highest BCUT2D eigenvalue weighted by molar-refractivity contribution is 5.78. The Balaban J connectivity index is 3.80. The number of rotatable bonds is 9. The van der Waals surface area contributed by atoms with Crippen molar-refractivity contribution in [3.8, 4) is 0 Å². The van der Waals surface area contributed by atoms with Crippen LogP contribution >= 0.6 is 0 Å². The van der Waals surface area contributed by atoms with Gasteiger partial charge in [0, 0.05) is 12.8 Å². The van der Waals surface area contributed by atoms with E-state index in [4.69, 9.17) is 16.2 Å². The van der Waals surface area contributed by atoms with Crippen molar-refractivity contribution in [2.24, 2.45) is 5.73 Å². The largest absolute Gasteiger partial charge is 0.480 e. The van der Waals surface area contributed by atoms with Crippen molar-refractivity contribution in [2.45, 2.75) is 18.4 Å². The van der Waals surface area contributed by atoms with Gasteiger partial charge in [0.1, 0.15) is 12.2 Å². The Kier molecular flexibility index (Phi) is 7.32. The minimum atomic E-state index is -1.81. The second-order valence-corrected chi connectivity index (χ2v) is 3.47. The fourth-order valence-electron chi connectivity index (χ4n) is 0.970. The highest BCUT2D eigenvalue weighted by atomic mass is 19.1. The average molecular weight is 231 g/mol. The number of carboxylic acid groups (broad SMARTS) is 1. The van der Waals surface area contributed by atoms with Crippen LogP contribution < -0.4 is 11.1 Å². The van der Waals surface area contributed by atoms with Gasteiger partial charge in [0.05, 0.1) is 0 Å². The third-order valence-corrected chi connectivity index (χ3v) is 2.05. The molecule has 0 heterocycles. The van der Waals surface area contributed by atoms with E-state index in [0.717, 1.165) is 0 Å². The minimum Gasteiger partial charge on any atom is -0.480 e. The molecule has 5 N–H and O–H groups in total. The number of nitrogens with one attached hydrogen (secondary N) is 2. The van der Waals surface area contributed by atoms with Crippen molar-refractivity contribution in [2.75, 3.05) is 19.8 Å². The lowest BCUT2D eigenvalue weighted by Gasteiger charge is -2.18. The molecule has 16 heavy (non-hydrogen) atoms. The Bertz CT molecular complexity index is 258. The first-order chi connectivity index (χ1) is 7.56. The average Bonchev–Trinajstić information content (AvgIpc) is 2.27. The molecule has 0 aromatic heterocycles. The summed E-state index contributed by atoms with van der Waals surface area (Å²) >= 11 is 0. The molecule has 0 aliphatic heterocycles. The number of aliphatic carboxylic acids is 1. The van der Waals surface area contributed by atoms with Crippen LogP contribution in [-0.2, 0) is 4.79 Å². The third-order valence-electron chi connectivity index (χ3n) is 2.05. The second kappa shape index (κ2) is 7.95. The summed E-state index contributed by atoms with van der Waals surface area (Å²) in [5.41, 5.74) is 3.52. The zero-order chi connectivity index (χ0) is 12.4. The van der Waals surface area contributed by atoms with Crippen LogP contribution in [0.4, 0.5) is 4.39 Å². The molecule has 1 unspecified atom stereocenters. The van der Waals surface area contributed by atoms with Crippen molar-refractivity contribution >= 4 is 12.2 Å². The molecule has 0 aliphatic carbocycles. The first-order valence-electron chi connectivity index (χ1n) is 4.99. The zero-order valence-electron chi connectivity index (χ0n) is 9.08.